The van der Waals surface area contributed by atoms with Gasteiger partial charge in [-0.3, -0.25) is 0 Å². The molecule has 0 unspecified atom stereocenters. The van der Waals surface area contributed by atoms with E-state index in [1.54, 1.807) is 0 Å². The highest BCUT2D eigenvalue weighted by molar-refractivity contribution is 8.00. The second-order valence-electron chi connectivity index (χ2n) is 21.1. The van der Waals surface area contributed by atoms with Crippen molar-refractivity contribution in [3.63, 3.8) is 0 Å². The van der Waals surface area contributed by atoms with E-state index < -0.39 is 0 Å². The Labute approximate surface area is 432 Å². The molecule has 5 heteroatoms. The molecule has 0 radical (unpaired) electrons. The van der Waals surface area contributed by atoms with Crippen LogP contribution in [0.1, 0.15) is 51.7 Å². The van der Waals surface area contributed by atoms with Crippen LogP contribution in [0, 0.1) is 0 Å². The number of aromatic nitrogens is 2. The predicted molar refractivity (Wildman–Crippen MR) is 313 cm³/mol. The summed E-state index contributed by atoms with van der Waals surface area (Å²) in [6.07, 6.45) is 3.27. The fourth-order valence-electron chi connectivity index (χ4n) is 12.2. The fourth-order valence-corrected chi connectivity index (χ4v) is 13.5. The van der Waals surface area contributed by atoms with Crippen LogP contribution in [0.25, 0.3) is 77.2 Å². The summed E-state index contributed by atoms with van der Waals surface area (Å²) < 4.78 is 4.96. The van der Waals surface area contributed by atoms with Crippen molar-refractivity contribution in [3.05, 3.63) is 230 Å². The zero-order valence-electron chi connectivity index (χ0n) is 41.7. The molecule has 10 aromatic carbocycles. The van der Waals surface area contributed by atoms with Crippen molar-refractivity contribution < 1.29 is 0 Å². The maximum atomic E-state index is 2.70. The van der Waals surface area contributed by atoms with E-state index in [9.17, 15) is 0 Å². The highest BCUT2D eigenvalue weighted by Crippen LogP contribution is 2.51. The van der Waals surface area contributed by atoms with Crippen LogP contribution in [0.15, 0.2) is 228 Å². The molecule has 73 heavy (non-hydrogen) atoms. The molecular formula is C68H54BN3S. The zero-order valence-corrected chi connectivity index (χ0v) is 42.5. The molecule has 4 heterocycles. The van der Waals surface area contributed by atoms with Gasteiger partial charge in [-0.25, -0.2) is 0 Å². The first-order valence-electron chi connectivity index (χ1n) is 26.0. The number of fused-ring (bicyclic) bond motifs is 10. The molecule has 0 atom stereocenters. The Morgan fingerprint density at radius 2 is 0.932 bits per heavy atom. The van der Waals surface area contributed by atoms with Gasteiger partial charge in [0.05, 0.1) is 27.8 Å². The van der Waals surface area contributed by atoms with Gasteiger partial charge in [0.15, 0.2) is 0 Å². The summed E-state index contributed by atoms with van der Waals surface area (Å²) in [7, 11) is 0. The third-order valence-corrected chi connectivity index (χ3v) is 16.8. The minimum absolute atomic E-state index is 0.00123. The Kier molecular flexibility index (Phi) is 10.2. The van der Waals surface area contributed by atoms with E-state index in [0.29, 0.717) is 0 Å². The zero-order chi connectivity index (χ0) is 49.0. The van der Waals surface area contributed by atoms with Gasteiger partial charge in [-0.2, -0.15) is 0 Å². The molecule has 12 aromatic rings. The molecule has 0 bridgehead atoms. The lowest BCUT2D eigenvalue weighted by Crippen LogP contribution is -2.60. The van der Waals surface area contributed by atoms with E-state index in [0.717, 1.165) is 24.9 Å². The van der Waals surface area contributed by atoms with E-state index >= 15 is 0 Å². The molecule has 0 amide bonds. The van der Waals surface area contributed by atoms with Crippen molar-refractivity contribution in [2.24, 2.45) is 0 Å². The SMILES string of the molecule is CCCCc1cc2c3c(c1)N(c1c(-c4ccccc4)cc(C(C)(C)C)cc1-c1ccccc1)c1cc(-n4c5ccccc5c5ccccc54)ccc1B3c1ccc(-n3c4ccccc4c4ccccc43)cc1S2. The Balaban J connectivity index is 1.09. The number of hydrogen-bond donors (Lipinski definition) is 0. The molecule has 350 valence electrons. The number of benzene rings is 10. The molecule has 2 aliphatic heterocycles. The highest BCUT2D eigenvalue weighted by atomic mass is 32.2. The number of rotatable bonds is 8. The quantitative estimate of drug-likeness (QED) is 0.141. The lowest BCUT2D eigenvalue weighted by Gasteiger charge is -2.42. The highest BCUT2D eigenvalue weighted by Gasteiger charge is 2.43. The second-order valence-corrected chi connectivity index (χ2v) is 22.2. The smallest absolute Gasteiger partial charge is 0.249 e. The van der Waals surface area contributed by atoms with Crippen molar-refractivity contribution in [1.82, 2.24) is 9.13 Å². The molecule has 0 spiro atoms. The van der Waals surface area contributed by atoms with Crippen molar-refractivity contribution in [1.29, 1.82) is 0 Å². The Hall–Kier alpha value is -7.99. The lowest BCUT2D eigenvalue weighted by molar-refractivity contribution is 0.591. The summed E-state index contributed by atoms with van der Waals surface area (Å²) in [6, 6.07) is 82.6. The molecule has 0 fully saturated rings. The topological polar surface area (TPSA) is 13.1 Å². The number of nitrogens with zero attached hydrogens (tertiary/aromatic N) is 3. The minimum atomic E-state index is -0.0993. The molecular weight excluding hydrogens is 902 g/mol. The molecule has 0 saturated carbocycles. The van der Waals surface area contributed by atoms with E-state index in [4.69, 9.17) is 0 Å². The van der Waals surface area contributed by atoms with Gasteiger partial charge in [0.2, 0.25) is 6.71 Å². The molecule has 14 rings (SSSR count). The fraction of sp³-hybridized carbons (Fsp3) is 0.118. The normalized spacial score (nSPS) is 13.0. The summed E-state index contributed by atoms with van der Waals surface area (Å²) >= 11 is 1.96. The van der Waals surface area contributed by atoms with Crippen molar-refractivity contribution in [2.45, 2.75) is 62.2 Å². The van der Waals surface area contributed by atoms with E-state index in [1.807, 2.05) is 11.8 Å². The van der Waals surface area contributed by atoms with Crippen LogP contribution in [-0.4, -0.2) is 15.8 Å². The molecule has 0 aliphatic carbocycles. The molecule has 2 aromatic heterocycles. The van der Waals surface area contributed by atoms with Gasteiger partial charge < -0.3 is 14.0 Å². The van der Waals surface area contributed by atoms with Gasteiger partial charge in [0.25, 0.3) is 0 Å². The van der Waals surface area contributed by atoms with Crippen LogP contribution in [0.2, 0.25) is 0 Å². The van der Waals surface area contributed by atoms with Crippen LogP contribution in [0.4, 0.5) is 17.1 Å². The van der Waals surface area contributed by atoms with Crippen molar-refractivity contribution >= 4 is 95.5 Å². The lowest BCUT2D eigenvalue weighted by atomic mass is 9.34. The Bertz CT molecular complexity index is 3990. The Morgan fingerprint density at radius 3 is 1.44 bits per heavy atom. The van der Waals surface area contributed by atoms with Crippen LogP contribution >= 0.6 is 11.8 Å². The third-order valence-electron chi connectivity index (χ3n) is 15.7. The predicted octanol–water partition coefficient (Wildman–Crippen LogP) is 16.6. The number of hydrogen-bond acceptors (Lipinski definition) is 2. The van der Waals surface area contributed by atoms with E-state index in [2.05, 4.69) is 260 Å². The molecule has 2 aliphatic rings. The summed E-state index contributed by atoms with van der Waals surface area (Å²) in [5, 5.41) is 5.08. The minimum Gasteiger partial charge on any atom is -0.310 e. The number of unbranched alkanes of at least 4 members (excludes halogenated alkanes) is 1. The monoisotopic (exact) mass is 955 g/mol. The van der Waals surface area contributed by atoms with Crippen molar-refractivity contribution in [3.8, 4) is 33.6 Å². The number of aryl methyl sites for hydroxylation is 1. The summed E-state index contributed by atoms with van der Waals surface area (Å²) in [5.41, 5.74) is 22.4. The first-order valence-corrected chi connectivity index (χ1v) is 26.8. The molecule has 3 nitrogen and oxygen atoms in total. The van der Waals surface area contributed by atoms with E-state index in [-0.39, 0.29) is 12.1 Å². The average molecular weight is 956 g/mol. The first kappa shape index (κ1) is 43.8. The maximum absolute atomic E-state index is 2.70. The summed E-state index contributed by atoms with van der Waals surface area (Å²) in [6.45, 7) is 9.35. The van der Waals surface area contributed by atoms with Gasteiger partial charge in [0, 0.05) is 65.2 Å². The van der Waals surface area contributed by atoms with E-state index in [1.165, 1.54) is 126 Å². The second kappa shape index (κ2) is 17.1. The largest absolute Gasteiger partial charge is 0.310 e. The van der Waals surface area contributed by atoms with Gasteiger partial charge in [0.1, 0.15) is 0 Å². The number of para-hydroxylation sites is 4. The van der Waals surface area contributed by atoms with Crippen LogP contribution in [0.5, 0.6) is 0 Å². The maximum Gasteiger partial charge on any atom is 0.249 e. The first-order chi connectivity index (χ1) is 35.8. The summed E-state index contributed by atoms with van der Waals surface area (Å²) in [5.74, 6) is 0. The third kappa shape index (κ3) is 6.96. The van der Waals surface area contributed by atoms with Crippen LogP contribution in [-0.2, 0) is 11.8 Å². The van der Waals surface area contributed by atoms with Crippen molar-refractivity contribution in [2.75, 3.05) is 4.90 Å². The van der Waals surface area contributed by atoms with Gasteiger partial charge >= 0.3 is 0 Å². The van der Waals surface area contributed by atoms with Gasteiger partial charge in [-0.1, -0.05) is 197 Å². The van der Waals surface area contributed by atoms with Gasteiger partial charge in [-0.15, -0.1) is 0 Å². The average Bonchev–Trinajstić information content (AvgIpc) is 3.95. The van der Waals surface area contributed by atoms with Gasteiger partial charge in [-0.05, 0) is 124 Å². The van der Waals surface area contributed by atoms with Crippen LogP contribution in [0.3, 0.4) is 0 Å². The summed E-state index contributed by atoms with van der Waals surface area (Å²) in [4.78, 5) is 5.36. The molecule has 0 saturated heterocycles. The Morgan fingerprint density at radius 1 is 0.452 bits per heavy atom. The molecule has 0 N–H and O–H groups in total. The number of anilines is 3. The standard InChI is InChI=1S/C68H54BN3S/c1-5-6-21-44-38-63-66-65(39-44)73-64-43-49(71-60-32-19-15-28-52(60)53-29-16-20-33-61(53)71)35-37-57(64)69(66)56-36-34-48(70-58-30-17-13-26-50(58)51-27-14-18-31-59(51)70)42-62(56)72(63)67-54(45-22-9-7-10-23-45)40-47(68(2,3)4)41-55(67)46-24-11-8-12-25-46/h7-20,22-43H,5-6,21H2,1-4H3. The van der Waals surface area contributed by atoms with Crippen LogP contribution < -0.4 is 21.3 Å².